The second-order valence-corrected chi connectivity index (χ2v) is 7.64. The lowest BCUT2D eigenvalue weighted by Crippen LogP contribution is -2.38. The Bertz CT molecular complexity index is 784. The zero-order chi connectivity index (χ0) is 19.4. The van der Waals surface area contributed by atoms with Crippen LogP contribution in [0.25, 0.3) is 0 Å². The van der Waals surface area contributed by atoms with Crippen molar-refractivity contribution in [1.29, 1.82) is 0 Å². The van der Waals surface area contributed by atoms with E-state index in [1.54, 1.807) is 24.3 Å². The molecular weight excluding hydrogens is 342 g/mol. The van der Waals surface area contributed by atoms with Gasteiger partial charge in [0.1, 0.15) is 11.9 Å². The Balaban J connectivity index is 1.55. The molecule has 144 valence electrons. The summed E-state index contributed by atoms with van der Waals surface area (Å²) in [5.74, 6) is 0.526. The van der Waals surface area contributed by atoms with Crippen LogP contribution in [0.3, 0.4) is 0 Å². The number of aliphatic hydroxyl groups is 1. The molecule has 4 N–H and O–H groups in total. The van der Waals surface area contributed by atoms with Crippen molar-refractivity contribution in [3.8, 4) is 5.75 Å². The number of nitrogens with one attached hydrogen (secondary N) is 1. The first kappa shape index (κ1) is 19.2. The van der Waals surface area contributed by atoms with E-state index in [9.17, 15) is 9.90 Å². The number of ether oxygens (including phenoxy) is 1. The summed E-state index contributed by atoms with van der Waals surface area (Å²) in [6.45, 7) is 5.96. The van der Waals surface area contributed by atoms with E-state index in [1.807, 2.05) is 38.1 Å². The van der Waals surface area contributed by atoms with Gasteiger partial charge in [0.15, 0.2) is 0 Å². The fourth-order valence-electron chi connectivity index (χ4n) is 3.27. The highest BCUT2D eigenvalue weighted by atomic mass is 16.5. The number of benzene rings is 2. The van der Waals surface area contributed by atoms with Gasteiger partial charge in [-0.2, -0.15) is 0 Å². The van der Waals surface area contributed by atoms with Gasteiger partial charge in [-0.15, -0.1) is 0 Å². The van der Waals surface area contributed by atoms with Gasteiger partial charge in [-0.25, -0.2) is 0 Å². The van der Waals surface area contributed by atoms with Crippen LogP contribution in [0, 0.1) is 0 Å². The van der Waals surface area contributed by atoms with Gasteiger partial charge in [-0.05, 0) is 56.7 Å². The molecule has 6 nitrogen and oxygen atoms in total. The third-order valence-electron chi connectivity index (χ3n) is 4.47. The number of amides is 1. The van der Waals surface area contributed by atoms with Gasteiger partial charge in [0.2, 0.25) is 0 Å². The molecule has 1 amide bonds. The minimum Gasteiger partial charge on any atom is -0.489 e. The molecule has 0 radical (unpaired) electrons. The zero-order valence-corrected chi connectivity index (χ0v) is 15.8. The maximum absolute atomic E-state index is 12.4. The van der Waals surface area contributed by atoms with Crippen LogP contribution in [0.5, 0.6) is 5.75 Å². The van der Waals surface area contributed by atoms with Crippen molar-refractivity contribution in [2.45, 2.75) is 32.0 Å². The summed E-state index contributed by atoms with van der Waals surface area (Å²) in [6, 6.07) is 14.3. The van der Waals surface area contributed by atoms with Gasteiger partial charge in [-0.1, -0.05) is 12.1 Å². The summed E-state index contributed by atoms with van der Waals surface area (Å²) in [5.41, 5.74) is 6.83. The summed E-state index contributed by atoms with van der Waals surface area (Å²) in [5, 5.41) is 12.7. The fourth-order valence-corrected chi connectivity index (χ4v) is 3.27. The number of nitrogens with zero attached hydrogens (tertiary/aromatic N) is 1. The van der Waals surface area contributed by atoms with E-state index in [2.05, 4.69) is 10.2 Å². The van der Waals surface area contributed by atoms with Crippen LogP contribution in [0.1, 0.15) is 30.6 Å². The number of nitrogen functional groups attached to an aromatic ring is 1. The SMILES string of the molecule is CC(C)(O)CN1CCC(Oc2ccc(C(=O)Nc3ccccc3N)cc2)C1. The average Bonchev–Trinajstić information content (AvgIpc) is 3.02. The first-order chi connectivity index (χ1) is 12.8. The molecule has 2 aromatic rings. The van der Waals surface area contributed by atoms with E-state index in [0.717, 1.165) is 25.3 Å². The Morgan fingerprint density at radius 3 is 2.63 bits per heavy atom. The molecule has 1 fully saturated rings. The number of rotatable bonds is 6. The molecule has 0 bridgehead atoms. The second kappa shape index (κ2) is 7.98. The lowest BCUT2D eigenvalue weighted by Gasteiger charge is -2.25. The highest BCUT2D eigenvalue weighted by molar-refractivity contribution is 6.05. The Kier molecular flexibility index (Phi) is 5.68. The van der Waals surface area contributed by atoms with E-state index >= 15 is 0 Å². The van der Waals surface area contributed by atoms with Gasteiger partial charge in [0.05, 0.1) is 17.0 Å². The van der Waals surface area contributed by atoms with E-state index in [-0.39, 0.29) is 12.0 Å². The maximum atomic E-state index is 12.4. The number of hydrogen-bond donors (Lipinski definition) is 3. The van der Waals surface area contributed by atoms with Crippen LogP contribution in [0.15, 0.2) is 48.5 Å². The Morgan fingerprint density at radius 1 is 1.26 bits per heavy atom. The molecule has 0 spiro atoms. The second-order valence-electron chi connectivity index (χ2n) is 7.64. The minimum atomic E-state index is -0.702. The Morgan fingerprint density at radius 2 is 1.96 bits per heavy atom. The number of carbonyl (C=O) groups excluding carboxylic acids is 1. The molecule has 3 rings (SSSR count). The monoisotopic (exact) mass is 369 g/mol. The smallest absolute Gasteiger partial charge is 0.255 e. The molecule has 1 atom stereocenters. The molecule has 6 heteroatoms. The third-order valence-corrected chi connectivity index (χ3v) is 4.47. The number of para-hydroxylation sites is 2. The summed E-state index contributed by atoms with van der Waals surface area (Å²) < 4.78 is 6.02. The molecule has 1 heterocycles. The summed E-state index contributed by atoms with van der Waals surface area (Å²) in [7, 11) is 0. The number of likely N-dealkylation sites (tertiary alicyclic amines) is 1. The fraction of sp³-hybridized carbons (Fsp3) is 0.381. The standard InChI is InChI=1S/C21H27N3O3/c1-21(2,26)14-24-12-11-17(13-24)27-16-9-7-15(8-10-16)20(25)23-19-6-4-3-5-18(19)22/h3-10,17,26H,11-14,22H2,1-2H3,(H,23,25). The lowest BCUT2D eigenvalue weighted by atomic mass is 10.1. The predicted molar refractivity (Wildman–Crippen MR) is 107 cm³/mol. The average molecular weight is 369 g/mol. The van der Waals surface area contributed by atoms with Crippen molar-refractivity contribution in [2.75, 3.05) is 30.7 Å². The van der Waals surface area contributed by atoms with Crippen LogP contribution in [-0.4, -0.2) is 47.3 Å². The van der Waals surface area contributed by atoms with Gasteiger partial charge >= 0.3 is 0 Å². The van der Waals surface area contributed by atoms with E-state index in [0.29, 0.717) is 23.5 Å². The van der Waals surface area contributed by atoms with Crippen LogP contribution >= 0.6 is 0 Å². The highest BCUT2D eigenvalue weighted by Gasteiger charge is 2.27. The van der Waals surface area contributed by atoms with E-state index < -0.39 is 5.60 Å². The topological polar surface area (TPSA) is 87.8 Å². The van der Waals surface area contributed by atoms with Gasteiger partial charge in [0, 0.05) is 25.2 Å². The molecule has 1 aliphatic rings. The van der Waals surface area contributed by atoms with Gasteiger partial charge in [0.25, 0.3) is 5.91 Å². The Labute approximate surface area is 159 Å². The van der Waals surface area contributed by atoms with Gasteiger partial charge in [-0.3, -0.25) is 9.69 Å². The predicted octanol–water partition coefficient (Wildman–Crippen LogP) is 2.75. The number of nitrogens with two attached hydrogens (primary N) is 1. The summed E-state index contributed by atoms with van der Waals surface area (Å²) in [4.78, 5) is 14.6. The number of hydrogen-bond acceptors (Lipinski definition) is 5. The van der Waals surface area contributed by atoms with Crippen molar-refractivity contribution >= 4 is 17.3 Å². The van der Waals surface area contributed by atoms with Crippen LogP contribution in [0.4, 0.5) is 11.4 Å². The Hall–Kier alpha value is -2.57. The van der Waals surface area contributed by atoms with Crippen LogP contribution in [0.2, 0.25) is 0 Å². The van der Waals surface area contributed by atoms with Crippen LogP contribution < -0.4 is 15.8 Å². The first-order valence-corrected chi connectivity index (χ1v) is 9.17. The summed E-state index contributed by atoms with van der Waals surface area (Å²) >= 11 is 0. The van der Waals surface area contributed by atoms with E-state index in [1.165, 1.54) is 0 Å². The number of carbonyl (C=O) groups is 1. The quantitative estimate of drug-likeness (QED) is 0.682. The van der Waals surface area contributed by atoms with Crippen molar-refractivity contribution in [2.24, 2.45) is 0 Å². The van der Waals surface area contributed by atoms with E-state index in [4.69, 9.17) is 10.5 Å². The molecule has 0 aromatic heterocycles. The molecule has 2 aromatic carbocycles. The van der Waals surface area contributed by atoms with Gasteiger partial charge < -0.3 is 20.9 Å². The largest absolute Gasteiger partial charge is 0.489 e. The summed E-state index contributed by atoms with van der Waals surface area (Å²) in [6.07, 6.45) is 1.02. The number of β-amino-alcohol motifs (C(OH)–C–C–N with tert-alkyl or cyclic N) is 1. The van der Waals surface area contributed by atoms with Crippen LogP contribution in [-0.2, 0) is 0 Å². The highest BCUT2D eigenvalue weighted by Crippen LogP contribution is 2.22. The molecule has 0 aliphatic carbocycles. The lowest BCUT2D eigenvalue weighted by molar-refractivity contribution is 0.0407. The molecule has 1 saturated heterocycles. The third kappa shape index (κ3) is 5.45. The molecular formula is C21H27N3O3. The minimum absolute atomic E-state index is 0.0937. The molecule has 0 saturated carbocycles. The van der Waals surface area contributed by atoms with Crippen molar-refractivity contribution in [1.82, 2.24) is 4.90 Å². The molecule has 1 unspecified atom stereocenters. The first-order valence-electron chi connectivity index (χ1n) is 9.17. The normalized spacial score (nSPS) is 17.7. The molecule has 27 heavy (non-hydrogen) atoms. The van der Waals surface area contributed by atoms with Crippen molar-refractivity contribution < 1.29 is 14.6 Å². The number of anilines is 2. The zero-order valence-electron chi connectivity index (χ0n) is 15.8. The molecule has 1 aliphatic heterocycles. The van der Waals surface area contributed by atoms with Crippen molar-refractivity contribution in [3.05, 3.63) is 54.1 Å². The maximum Gasteiger partial charge on any atom is 0.255 e. The van der Waals surface area contributed by atoms with Crippen molar-refractivity contribution in [3.63, 3.8) is 0 Å².